The second-order valence-electron chi connectivity index (χ2n) is 5.94. The third-order valence-corrected chi connectivity index (χ3v) is 4.90. The molecule has 0 saturated heterocycles. The summed E-state index contributed by atoms with van der Waals surface area (Å²) in [4.78, 5) is 0. The lowest BCUT2D eigenvalue weighted by Crippen LogP contribution is -1.86. The van der Waals surface area contributed by atoms with Crippen molar-refractivity contribution in [3.8, 4) is 33.8 Å². The fourth-order valence-electron chi connectivity index (χ4n) is 2.83. The Balaban J connectivity index is 1.92. The minimum atomic E-state index is 0.535. The van der Waals surface area contributed by atoms with Gasteiger partial charge in [0, 0.05) is 5.56 Å². The summed E-state index contributed by atoms with van der Waals surface area (Å²) in [6, 6.07) is 29.8. The molecule has 0 bridgehead atoms. The summed E-state index contributed by atoms with van der Waals surface area (Å²) in [5.41, 5.74) is 4.05. The van der Waals surface area contributed by atoms with Gasteiger partial charge in [-0.2, -0.15) is 0 Å². The van der Waals surface area contributed by atoms with E-state index in [1.54, 1.807) is 0 Å². The van der Waals surface area contributed by atoms with Crippen LogP contribution in [0.4, 0.5) is 0 Å². The topological polar surface area (TPSA) is 11.3 Å². The molecule has 0 spiro atoms. The third kappa shape index (κ3) is 3.50. The quantitative estimate of drug-likeness (QED) is 0.330. The van der Waals surface area contributed by atoms with Crippen molar-refractivity contribution in [2.24, 2.45) is 0 Å². The Hall–Kier alpha value is -2.61. The normalized spacial score (nSPS) is 10.7. The average Bonchev–Trinajstić information content (AvgIpc) is 2.71. The number of hydrogen-bond donors (Lipinski definition) is 0. The molecule has 3 heteroatoms. The van der Waals surface area contributed by atoms with E-state index in [2.05, 4.69) is 0 Å². The van der Waals surface area contributed by atoms with Crippen molar-refractivity contribution in [1.29, 1.82) is 0 Å². The maximum Gasteiger partial charge on any atom is 0.361 e. The van der Waals surface area contributed by atoms with Gasteiger partial charge in [-0.3, -0.25) is 0 Å². The summed E-state index contributed by atoms with van der Waals surface area (Å²) in [6.45, 7) is 0. The second-order valence-corrected chi connectivity index (χ2v) is 6.75. The first-order valence-corrected chi connectivity index (χ1v) is 9.01. The molecule has 0 unspecified atom stereocenters. The SMILES string of the molecule is Clc1ccc(-c2cc(-c3ccccc3)[o+]c(-c3ccccc3)c2)cc1Cl. The van der Waals surface area contributed by atoms with Crippen LogP contribution in [0.1, 0.15) is 0 Å². The van der Waals surface area contributed by atoms with Crippen LogP contribution >= 0.6 is 23.2 Å². The van der Waals surface area contributed by atoms with Gasteiger partial charge >= 0.3 is 11.5 Å². The highest BCUT2D eigenvalue weighted by Crippen LogP contribution is 2.35. The fourth-order valence-corrected chi connectivity index (χ4v) is 3.13. The largest absolute Gasteiger partial charge is 0.361 e. The number of rotatable bonds is 3. The van der Waals surface area contributed by atoms with E-state index >= 15 is 0 Å². The number of halogens is 2. The summed E-state index contributed by atoms with van der Waals surface area (Å²) in [5.74, 6) is 1.60. The highest BCUT2D eigenvalue weighted by Gasteiger charge is 2.20. The molecule has 0 N–H and O–H groups in total. The van der Waals surface area contributed by atoms with Crippen LogP contribution in [0.25, 0.3) is 33.8 Å². The zero-order valence-corrected chi connectivity index (χ0v) is 15.3. The predicted octanol–water partition coefficient (Wildman–Crippen LogP) is 7.87. The van der Waals surface area contributed by atoms with Crippen molar-refractivity contribution in [3.63, 3.8) is 0 Å². The molecule has 0 fully saturated rings. The molecule has 0 aliphatic carbocycles. The molecule has 0 amide bonds. The van der Waals surface area contributed by atoms with Gasteiger partial charge in [-0.25, -0.2) is 4.42 Å². The minimum Gasteiger partial charge on any atom is -0.207 e. The first kappa shape index (κ1) is 16.8. The molecule has 1 nitrogen and oxygen atoms in total. The van der Waals surface area contributed by atoms with Gasteiger partial charge in [0.05, 0.1) is 33.3 Å². The Morgan fingerprint density at radius 3 is 1.50 bits per heavy atom. The van der Waals surface area contributed by atoms with E-state index in [4.69, 9.17) is 27.6 Å². The summed E-state index contributed by atoms with van der Waals surface area (Å²) in [5, 5.41) is 1.08. The smallest absolute Gasteiger partial charge is 0.207 e. The van der Waals surface area contributed by atoms with Gasteiger partial charge in [0.15, 0.2) is 0 Å². The van der Waals surface area contributed by atoms with Crippen molar-refractivity contribution in [1.82, 2.24) is 0 Å². The molecular formula is C23H15Cl2O+. The molecule has 0 atom stereocenters. The van der Waals surface area contributed by atoms with Crippen LogP contribution in [-0.2, 0) is 0 Å². The van der Waals surface area contributed by atoms with E-state index in [1.165, 1.54) is 0 Å². The highest BCUT2D eigenvalue weighted by atomic mass is 35.5. The summed E-state index contributed by atoms with van der Waals surface area (Å²) in [7, 11) is 0. The summed E-state index contributed by atoms with van der Waals surface area (Å²) in [6.07, 6.45) is 0. The standard InChI is InChI=1S/C23H15Cl2O/c24-20-12-11-18(13-21(20)25)19-14-22(16-7-3-1-4-8-16)26-23(15-19)17-9-5-2-6-10-17/h1-15H/q+1. The molecule has 1 aromatic heterocycles. The van der Waals surface area contributed by atoms with Gasteiger partial charge in [0.25, 0.3) is 0 Å². The van der Waals surface area contributed by atoms with Gasteiger partial charge < -0.3 is 0 Å². The molecule has 4 aromatic rings. The number of benzene rings is 3. The van der Waals surface area contributed by atoms with Crippen LogP contribution in [-0.4, -0.2) is 0 Å². The van der Waals surface area contributed by atoms with Crippen LogP contribution in [0.3, 0.4) is 0 Å². The highest BCUT2D eigenvalue weighted by molar-refractivity contribution is 6.42. The van der Waals surface area contributed by atoms with E-state index in [9.17, 15) is 0 Å². The van der Waals surface area contributed by atoms with Gasteiger partial charge in [-0.1, -0.05) is 65.7 Å². The molecule has 3 aromatic carbocycles. The lowest BCUT2D eigenvalue weighted by Gasteiger charge is -2.04. The third-order valence-electron chi connectivity index (χ3n) is 4.16. The molecule has 26 heavy (non-hydrogen) atoms. The van der Waals surface area contributed by atoms with Crippen molar-refractivity contribution in [2.75, 3.05) is 0 Å². The molecule has 1 heterocycles. The molecule has 126 valence electrons. The molecule has 0 aliphatic heterocycles. The van der Waals surface area contributed by atoms with Crippen LogP contribution in [0.5, 0.6) is 0 Å². The Labute approximate surface area is 162 Å². The minimum absolute atomic E-state index is 0.535. The summed E-state index contributed by atoms with van der Waals surface area (Å²) >= 11 is 12.3. The second kappa shape index (κ2) is 7.33. The van der Waals surface area contributed by atoms with Crippen molar-refractivity contribution in [2.45, 2.75) is 0 Å². The zero-order valence-electron chi connectivity index (χ0n) is 13.8. The van der Waals surface area contributed by atoms with Gasteiger partial charge in [-0.05, 0) is 42.0 Å². The van der Waals surface area contributed by atoms with Gasteiger partial charge in [0.2, 0.25) is 0 Å². The van der Waals surface area contributed by atoms with Crippen molar-refractivity contribution < 1.29 is 4.42 Å². The Kier molecular flexibility index (Phi) is 4.75. The van der Waals surface area contributed by atoms with Crippen LogP contribution in [0.2, 0.25) is 10.0 Å². The van der Waals surface area contributed by atoms with Crippen LogP contribution in [0.15, 0.2) is 95.4 Å². The molecular weight excluding hydrogens is 363 g/mol. The van der Waals surface area contributed by atoms with Crippen molar-refractivity contribution >= 4 is 23.2 Å². The Bertz CT molecular complexity index is 987. The van der Waals surface area contributed by atoms with E-state index in [0.717, 1.165) is 33.8 Å². The number of hydrogen-bond acceptors (Lipinski definition) is 0. The lowest BCUT2D eigenvalue weighted by atomic mass is 10.0. The van der Waals surface area contributed by atoms with Crippen LogP contribution < -0.4 is 0 Å². The van der Waals surface area contributed by atoms with Gasteiger partial charge in [-0.15, -0.1) is 0 Å². The summed E-state index contributed by atoms with van der Waals surface area (Å²) < 4.78 is 6.21. The van der Waals surface area contributed by atoms with E-state index in [-0.39, 0.29) is 0 Å². The van der Waals surface area contributed by atoms with E-state index < -0.39 is 0 Å². The zero-order chi connectivity index (χ0) is 17.9. The average molecular weight is 378 g/mol. The predicted molar refractivity (Wildman–Crippen MR) is 109 cm³/mol. The van der Waals surface area contributed by atoms with Crippen LogP contribution in [0, 0.1) is 0 Å². The monoisotopic (exact) mass is 377 g/mol. The van der Waals surface area contributed by atoms with Gasteiger partial charge in [0.1, 0.15) is 0 Å². The molecule has 0 saturated carbocycles. The van der Waals surface area contributed by atoms with E-state index in [0.29, 0.717) is 10.0 Å². The Morgan fingerprint density at radius 2 is 1.00 bits per heavy atom. The maximum atomic E-state index is 6.22. The van der Waals surface area contributed by atoms with Crippen molar-refractivity contribution in [3.05, 3.63) is 101 Å². The fraction of sp³-hybridized carbons (Fsp3) is 0. The van der Waals surface area contributed by atoms with E-state index in [1.807, 2.05) is 91.0 Å². The lowest BCUT2D eigenvalue weighted by molar-refractivity contribution is 0.582. The maximum absolute atomic E-state index is 6.22. The molecule has 0 radical (unpaired) electrons. The Morgan fingerprint density at radius 1 is 0.462 bits per heavy atom. The molecule has 4 rings (SSSR count). The first-order valence-electron chi connectivity index (χ1n) is 8.25. The first-order chi connectivity index (χ1) is 12.7. The molecule has 0 aliphatic rings.